The van der Waals surface area contributed by atoms with Gasteiger partial charge in [0.15, 0.2) is 11.6 Å². The Hall–Kier alpha value is -1.88. The Labute approximate surface area is 195 Å². The van der Waals surface area contributed by atoms with Gasteiger partial charge in [-0.3, -0.25) is 4.79 Å². The molecule has 0 bridgehead atoms. The van der Waals surface area contributed by atoms with Crippen molar-refractivity contribution in [3.63, 3.8) is 0 Å². The van der Waals surface area contributed by atoms with Crippen LogP contribution in [0, 0.1) is 34.4 Å². The van der Waals surface area contributed by atoms with Crippen molar-refractivity contribution in [1.29, 1.82) is 5.26 Å². The number of benzene rings is 2. The van der Waals surface area contributed by atoms with E-state index in [4.69, 9.17) is 21.1 Å². The second-order valence-corrected chi connectivity index (χ2v) is 10.7. The number of nitriles is 1. The monoisotopic (exact) mass is 555 g/mol. The molecule has 0 heterocycles. The van der Waals surface area contributed by atoms with Gasteiger partial charge in [0.05, 0.1) is 9.31 Å². The summed E-state index contributed by atoms with van der Waals surface area (Å²) in [6.07, 6.45) is 0.711. The van der Waals surface area contributed by atoms with Crippen LogP contribution in [0.4, 0.5) is 4.39 Å². The average Bonchev–Trinajstić information content (AvgIpc) is 3.22. The number of hydrogen-bond acceptors (Lipinski definition) is 4. The minimum Gasteiger partial charge on any atom is -0.454 e. The first kappa shape index (κ1) is 22.8. The molecular formula is C22H17Br2ClFNO3. The van der Waals surface area contributed by atoms with Crippen LogP contribution in [0.1, 0.15) is 25.5 Å². The van der Waals surface area contributed by atoms with E-state index in [0.717, 1.165) is 3.39 Å². The van der Waals surface area contributed by atoms with E-state index in [-0.39, 0.29) is 23.0 Å². The molecule has 3 rings (SSSR count). The first-order valence-corrected chi connectivity index (χ1v) is 11.0. The topological polar surface area (TPSA) is 59.3 Å². The second-order valence-electron chi connectivity index (χ2n) is 7.47. The summed E-state index contributed by atoms with van der Waals surface area (Å²) in [5.41, 5.74) is 0.0404. The fourth-order valence-corrected chi connectivity index (χ4v) is 4.02. The molecule has 4 nitrogen and oxygen atoms in total. The molecule has 0 amide bonds. The molecule has 0 aliphatic heterocycles. The van der Waals surface area contributed by atoms with E-state index in [9.17, 15) is 14.4 Å². The van der Waals surface area contributed by atoms with E-state index in [0.29, 0.717) is 16.3 Å². The predicted molar refractivity (Wildman–Crippen MR) is 119 cm³/mol. The number of nitrogens with zero attached hydrogens (tertiary/aromatic N) is 1. The third kappa shape index (κ3) is 5.05. The van der Waals surface area contributed by atoms with Gasteiger partial charge in [-0.25, -0.2) is 4.39 Å². The van der Waals surface area contributed by atoms with Crippen LogP contribution in [0.2, 0.25) is 5.02 Å². The molecule has 1 aliphatic carbocycles. The number of rotatable bonds is 6. The lowest BCUT2D eigenvalue weighted by Crippen LogP contribution is -2.14. The molecule has 1 fully saturated rings. The van der Waals surface area contributed by atoms with E-state index in [1.807, 2.05) is 26.0 Å². The second kappa shape index (κ2) is 9.09. The number of halogens is 4. The molecule has 0 aromatic heterocycles. The highest BCUT2D eigenvalue weighted by atomic mass is 79.9. The van der Waals surface area contributed by atoms with E-state index < -0.39 is 17.9 Å². The SMILES string of the molecule is CC1(C)C(C=C(Br)Br)C1C(=O)OC(C#N)c1ccc(F)c(Oc2ccc(Cl)cc2)c1. The fraction of sp³-hybridized carbons (Fsp3) is 0.273. The van der Waals surface area contributed by atoms with Gasteiger partial charge in [0.1, 0.15) is 11.8 Å². The lowest BCUT2D eigenvalue weighted by molar-refractivity contribution is -0.149. The Morgan fingerprint density at radius 2 is 1.93 bits per heavy atom. The predicted octanol–water partition coefficient (Wildman–Crippen LogP) is 7.28. The van der Waals surface area contributed by atoms with Crippen LogP contribution in [-0.2, 0) is 9.53 Å². The zero-order valence-corrected chi connectivity index (χ0v) is 20.0. The van der Waals surface area contributed by atoms with Gasteiger partial charge >= 0.3 is 5.97 Å². The Morgan fingerprint density at radius 1 is 1.27 bits per heavy atom. The third-order valence-electron chi connectivity index (χ3n) is 5.12. The number of allylic oxidation sites excluding steroid dienone is 1. The number of esters is 1. The maximum Gasteiger partial charge on any atom is 0.311 e. The molecule has 1 saturated carbocycles. The van der Waals surface area contributed by atoms with Crippen molar-refractivity contribution in [3.05, 3.63) is 68.3 Å². The number of carbonyl (C=O) groups is 1. The third-order valence-corrected chi connectivity index (χ3v) is 5.90. The molecule has 0 spiro atoms. The van der Waals surface area contributed by atoms with Crippen LogP contribution < -0.4 is 4.74 Å². The van der Waals surface area contributed by atoms with Gasteiger partial charge in [-0.05, 0) is 79.6 Å². The van der Waals surface area contributed by atoms with E-state index >= 15 is 0 Å². The molecule has 3 unspecified atom stereocenters. The average molecular weight is 558 g/mol. The summed E-state index contributed by atoms with van der Waals surface area (Å²) in [5.74, 6) is -1.16. The van der Waals surface area contributed by atoms with E-state index in [1.165, 1.54) is 18.2 Å². The van der Waals surface area contributed by atoms with Gasteiger partial charge in [-0.2, -0.15) is 5.26 Å². The summed E-state index contributed by atoms with van der Waals surface area (Å²) in [7, 11) is 0. The highest BCUT2D eigenvalue weighted by Crippen LogP contribution is 2.60. The maximum absolute atomic E-state index is 14.2. The molecule has 0 saturated heterocycles. The lowest BCUT2D eigenvalue weighted by atomic mass is 10.1. The van der Waals surface area contributed by atoms with Gasteiger partial charge < -0.3 is 9.47 Å². The van der Waals surface area contributed by atoms with Crippen molar-refractivity contribution in [2.75, 3.05) is 0 Å². The molecule has 8 heteroatoms. The Kier molecular flexibility index (Phi) is 6.91. The fourth-order valence-electron chi connectivity index (χ4n) is 3.32. The molecule has 30 heavy (non-hydrogen) atoms. The smallest absolute Gasteiger partial charge is 0.311 e. The van der Waals surface area contributed by atoms with Gasteiger partial charge in [0.25, 0.3) is 0 Å². The van der Waals surface area contributed by atoms with Crippen LogP contribution in [0.5, 0.6) is 11.5 Å². The highest BCUT2D eigenvalue weighted by molar-refractivity contribution is 9.28. The lowest BCUT2D eigenvalue weighted by Gasteiger charge is -2.14. The summed E-state index contributed by atoms with van der Waals surface area (Å²) >= 11 is 12.5. The molecule has 3 atom stereocenters. The minimum atomic E-state index is -1.18. The number of carbonyl (C=O) groups excluding carboxylic acids is 1. The zero-order valence-electron chi connectivity index (χ0n) is 16.0. The van der Waals surface area contributed by atoms with E-state index in [2.05, 4.69) is 31.9 Å². The highest BCUT2D eigenvalue weighted by Gasteiger charge is 2.61. The molecule has 2 aromatic carbocycles. The van der Waals surface area contributed by atoms with Gasteiger partial charge in [-0.15, -0.1) is 0 Å². The van der Waals surface area contributed by atoms with Crippen molar-refractivity contribution in [2.45, 2.75) is 20.0 Å². The number of hydrogen-bond donors (Lipinski definition) is 0. The van der Waals surface area contributed by atoms with Gasteiger partial charge in [-0.1, -0.05) is 37.6 Å². The molecule has 156 valence electrons. The molecular weight excluding hydrogens is 541 g/mol. The normalized spacial score (nSPS) is 19.9. The van der Waals surface area contributed by atoms with Crippen molar-refractivity contribution < 1.29 is 18.7 Å². The van der Waals surface area contributed by atoms with Crippen molar-refractivity contribution in [1.82, 2.24) is 0 Å². The Bertz CT molecular complexity index is 1030. The zero-order chi connectivity index (χ0) is 22.1. The first-order chi connectivity index (χ1) is 14.1. The van der Waals surface area contributed by atoms with Crippen molar-refractivity contribution in [3.8, 4) is 17.6 Å². The Balaban J connectivity index is 1.77. The first-order valence-electron chi connectivity index (χ1n) is 8.99. The maximum atomic E-state index is 14.2. The standard InChI is InChI=1S/C22H17Br2ClFNO3/c1-22(2)15(10-19(23)24)20(22)21(28)30-18(11-27)12-3-8-16(26)17(9-12)29-14-6-4-13(25)5-7-14/h3-10,15,18,20H,1-2H3. The quantitative estimate of drug-likeness (QED) is 0.350. The Morgan fingerprint density at radius 3 is 2.53 bits per heavy atom. The van der Waals surface area contributed by atoms with Crippen molar-refractivity contribution >= 4 is 49.4 Å². The van der Waals surface area contributed by atoms with Crippen LogP contribution in [0.25, 0.3) is 0 Å². The van der Waals surface area contributed by atoms with Gasteiger partial charge in [0.2, 0.25) is 6.10 Å². The summed E-state index contributed by atoms with van der Waals surface area (Å²) in [6, 6.07) is 12.3. The van der Waals surface area contributed by atoms with Crippen LogP contribution in [0.3, 0.4) is 0 Å². The van der Waals surface area contributed by atoms with Crippen LogP contribution in [-0.4, -0.2) is 5.97 Å². The molecule has 0 N–H and O–H groups in total. The van der Waals surface area contributed by atoms with Crippen LogP contribution >= 0.6 is 43.5 Å². The summed E-state index contributed by atoms with van der Waals surface area (Å²) in [4.78, 5) is 12.7. The molecule has 1 aliphatic rings. The van der Waals surface area contributed by atoms with Crippen molar-refractivity contribution in [2.24, 2.45) is 17.3 Å². The largest absolute Gasteiger partial charge is 0.454 e. The van der Waals surface area contributed by atoms with E-state index in [1.54, 1.807) is 24.3 Å². The van der Waals surface area contributed by atoms with Gasteiger partial charge in [0, 0.05) is 10.6 Å². The summed E-state index contributed by atoms with van der Waals surface area (Å²) in [5, 5.41) is 10.1. The minimum absolute atomic E-state index is 0.0184. The summed E-state index contributed by atoms with van der Waals surface area (Å²) < 4.78 is 26.0. The molecule has 0 radical (unpaired) electrons. The number of ether oxygens (including phenoxy) is 2. The van der Waals surface area contributed by atoms with Crippen LogP contribution in [0.15, 0.2) is 51.9 Å². The molecule has 2 aromatic rings. The summed E-state index contributed by atoms with van der Waals surface area (Å²) in [6.45, 7) is 3.92.